The Bertz CT molecular complexity index is 423. The third-order valence-electron chi connectivity index (χ3n) is 3.81. The maximum Gasteiger partial charge on any atom is 0.165 e. The summed E-state index contributed by atoms with van der Waals surface area (Å²) in [6.07, 6.45) is 3.62. The first-order valence-corrected chi connectivity index (χ1v) is 7.82. The molecule has 1 atom stereocenters. The molecule has 0 saturated heterocycles. The molecule has 0 aliphatic rings. The SMILES string of the molecule is CCCCCN(CC(N)c1ccc(OC)c(F)c1)C(C)C. The highest BCUT2D eigenvalue weighted by Gasteiger charge is 2.16. The highest BCUT2D eigenvalue weighted by Crippen LogP contribution is 2.22. The van der Waals surface area contributed by atoms with Crippen molar-refractivity contribution >= 4 is 0 Å². The van der Waals surface area contributed by atoms with Crippen LogP contribution in [0.3, 0.4) is 0 Å². The molecule has 21 heavy (non-hydrogen) atoms. The van der Waals surface area contributed by atoms with Gasteiger partial charge >= 0.3 is 0 Å². The molecular weight excluding hydrogens is 267 g/mol. The van der Waals surface area contributed by atoms with E-state index in [4.69, 9.17) is 10.5 Å². The van der Waals surface area contributed by atoms with Crippen molar-refractivity contribution in [2.45, 2.75) is 52.1 Å². The van der Waals surface area contributed by atoms with Crippen molar-refractivity contribution in [1.29, 1.82) is 0 Å². The minimum absolute atomic E-state index is 0.186. The lowest BCUT2D eigenvalue weighted by Gasteiger charge is -2.29. The number of nitrogens with zero attached hydrogens (tertiary/aromatic N) is 1. The van der Waals surface area contributed by atoms with Crippen LogP contribution >= 0.6 is 0 Å². The number of unbranched alkanes of at least 4 members (excludes halogenated alkanes) is 2. The Morgan fingerprint density at radius 3 is 2.52 bits per heavy atom. The van der Waals surface area contributed by atoms with Crippen molar-refractivity contribution in [3.8, 4) is 5.75 Å². The molecule has 2 N–H and O–H groups in total. The summed E-state index contributed by atoms with van der Waals surface area (Å²) in [5, 5.41) is 0. The summed E-state index contributed by atoms with van der Waals surface area (Å²) in [4.78, 5) is 2.36. The van der Waals surface area contributed by atoms with Crippen molar-refractivity contribution in [3.63, 3.8) is 0 Å². The van der Waals surface area contributed by atoms with Gasteiger partial charge in [0.25, 0.3) is 0 Å². The van der Waals surface area contributed by atoms with E-state index in [9.17, 15) is 4.39 Å². The Hall–Kier alpha value is -1.13. The molecule has 0 aliphatic carbocycles. The summed E-state index contributed by atoms with van der Waals surface area (Å²) in [5.74, 6) is -0.0952. The van der Waals surface area contributed by atoms with Crippen LogP contribution in [-0.2, 0) is 0 Å². The standard InChI is InChI=1S/C17H29FN2O/c1-5-6-7-10-20(13(2)3)12-16(19)14-8-9-17(21-4)15(18)11-14/h8-9,11,13,16H,5-7,10,12,19H2,1-4H3. The van der Waals surface area contributed by atoms with Crippen molar-refractivity contribution in [1.82, 2.24) is 4.90 Å². The molecule has 0 heterocycles. The smallest absolute Gasteiger partial charge is 0.165 e. The Morgan fingerprint density at radius 2 is 2.00 bits per heavy atom. The van der Waals surface area contributed by atoms with Crippen LogP contribution in [0.1, 0.15) is 51.6 Å². The first-order valence-electron chi connectivity index (χ1n) is 7.82. The lowest BCUT2D eigenvalue weighted by Crippen LogP contribution is -2.37. The van der Waals surface area contributed by atoms with E-state index in [2.05, 4.69) is 25.7 Å². The van der Waals surface area contributed by atoms with Gasteiger partial charge in [0.15, 0.2) is 11.6 Å². The molecule has 1 aromatic rings. The molecule has 0 radical (unpaired) electrons. The zero-order chi connectivity index (χ0) is 15.8. The second-order valence-corrected chi connectivity index (χ2v) is 5.80. The summed E-state index contributed by atoms with van der Waals surface area (Å²) in [6.45, 7) is 8.33. The van der Waals surface area contributed by atoms with E-state index in [0.29, 0.717) is 6.04 Å². The zero-order valence-electron chi connectivity index (χ0n) is 13.7. The Balaban J connectivity index is 2.67. The third kappa shape index (κ3) is 5.64. The summed E-state index contributed by atoms with van der Waals surface area (Å²) in [6, 6.07) is 5.22. The van der Waals surface area contributed by atoms with Gasteiger partial charge in [0, 0.05) is 18.6 Å². The molecular formula is C17H29FN2O. The van der Waals surface area contributed by atoms with Gasteiger partial charge in [0.2, 0.25) is 0 Å². The van der Waals surface area contributed by atoms with Gasteiger partial charge in [-0.1, -0.05) is 25.8 Å². The maximum atomic E-state index is 13.8. The lowest BCUT2D eigenvalue weighted by molar-refractivity contribution is 0.204. The first kappa shape index (κ1) is 17.9. The number of hydrogen-bond acceptors (Lipinski definition) is 3. The molecule has 4 heteroatoms. The summed E-state index contributed by atoms with van der Waals surface area (Å²) in [5.41, 5.74) is 7.06. The molecule has 0 spiro atoms. The monoisotopic (exact) mass is 296 g/mol. The summed E-state index contributed by atoms with van der Waals surface area (Å²) >= 11 is 0. The van der Waals surface area contributed by atoms with Gasteiger partial charge in [-0.3, -0.25) is 4.90 Å². The summed E-state index contributed by atoms with van der Waals surface area (Å²) in [7, 11) is 1.46. The average molecular weight is 296 g/mol. The molecule has 1 rings (SSSR count). The zero-order valence-corrected chi connectivity index (χ0v) is 13.7. The molecule has 0 amide bonds. The molecule has 0 bridgehead atoms. The molecule has 0 aliphatic heterocycles. The van der Waals surface area contributed by atoms with E-state index in [1.807, 2.05) is 6.07 Å². The van der Waals surface area contributed by atoms with E-state index >= 15 is 0 Å². The Labute approximate surface area is 128 Å². The number of ether oxygens (including phenoxy) is 1. The van der Waals surface area contributed by atoms with Gasteiger partial charge in [-0.15, -0.1) is 0 Å². The van der Waals surface area contributed by atoms with E-state index in [1.165, 1.54) is 32.4 Å². The van der Waals surface area contributed by atoms with Gasteiger partial charge < -0.3 is 10.5 Å². The highest BCUT2D eigenvalue weighted by atomic mass is 19.1. The fourth-order valence-corrected chi connectivity index (χ4v) is 2.40. The number of halogens is 1. The van der Waals surface area contributed by atoms with E-state index < -0.39 is 0 Å². The number of rotatable bonds is 9. The number of nitrogens with two attached hydrogens (primary N) is 1. The molecule has 0 aromatic heterocycles. The second kappa shape index (κ2) is 9.00. The molecule has 120 valence electrons. The largest absolute Gasteiger partial charge is 0.494 e. The van der Waals surface area contributed by atoms with Gasteiger partial charge in [-0.25, -0.2) is 4.39 Å². The average Bonchev–Trinajstić information content (AvgIpc) is 2.45. The number of benzene rings is 1. The maximum absolute atomic E-state index is 13.8. The van der Waals surface area contributed by atoms with Crippen LogP contribution in [0.15, 0.2) is 18.2 Å². The predicted octanol–water partition coefficient (Wildman–Crippen LogP) is 3.73. The van der Waals surface area contributed by atoms with Crippen LogP contribution in [0.25, 0.3) is 0 Å². The molecule has 1 aromatic carbocycles. The van der Waals surface area contributed by atoms with Gasteiger partial charge in [-0.05, 0) is 44.5 Å². The van der Waals surface area contributed by atoms with Crippen molar-refractivity contribution < 1.29 is 9.13 Å². The fourth-order valence-electron chi connectivity index (χ4n) is 2.40. The van der Waals surface area contributed by atoms with Crippen LogP contribution in [0.4, 0.5) is 4.39 Å². The van der Waals surface area contributed by atoms with Crippen molar-refractivity contribution in [2.24, 2.45) is 5.73 Å². The van der Waals surface area contributed by atoms with E-state index in [0.717, 1.165) is 18.7 Å². The van der Waals surface area contributed by atoms with Crippen LogP contribution in [0.5, 0.6) is 5.75 Å². The van der Waals surface area contributed by atoms with Gasteiger partial charge in [0.1, 0.15) is 0 Å². The van der Waals surface area contributed by atoms with Crippen LogP contribution in [0.2, 0.25) is 0 Å². The van der Waals surface area contributed by atoms with Crippen LogP contribution in [-0.4, -0.2) is 31.1 Å². The lowest BCUT2D eigenvalue weighted by atomic mass is 10.1. The van der Waals surface area contributed by atoms with Crippen molar-refractivity contribution in [3.05, 3.63) is 29.6 Å². The van der Waals surface area contributed by atoms with E-state index in [-0.39, 0.29) is 17.6 Å². The van der Waals surface area contributed by atoms with Crippen LogP contribution in [0, 0.1) is 5.82 Å². The van der Waals surface area contributed by atoms with Gasteiger partial charge in [0.05, 0.1) is 7.11 Å². The highest BCUT2D eigenvalue weighted by molar-refractivity contribution is 5.31. The van der Waals surface area contributed by atoms with E-state index in [1.54, 1.807) is 6.07 Å². The quantitative estimate of drug-likeness (QED) is 0.706. The minimum Gasteiger partial charge on any atom is -0.494 e. The molecule has 0 fully saturated rings. The minimum atomic E-state index is -0.354. The predicted molar refractivity (Wildman–Crippen MR) is 86.1 cm³/mol. The third-order valence-corrected chi connectivity index (χ3v) is 3.81. The fraction of sp³-hybridized carbons (Fsp3) is 0.647. The molecule has 3 nitrogen and oxygen atoms in total. The molecule has 1 unspecified atom stereocenters. The van der Waals surface area contributed by atoms with Crippen molar-refractivity contribution in [2.75, 3.05) is 20.2 Å². The Kier molecular flexibility index (Phi) is 7.68. The number of methoxy groups -OCH3 is 1. The normalized spacial score (nSPS) is 13.0. The Morgan fingerprint density at radius 1 is 1.29 bits per heavy atom. The second-order valence-electron chi connectivity index (χ2n) is 5.80. The van der Waals surface area contributed by atoms with Gasteiger partial charge in [-0.2, -0.15) is 0 Å². The van der Waals surface area contributed by atoms with Crippen LogP contribution < -0.4 is 10.5 Å². The topological polar surface area (TPSA) is 38.5 Å². The summed E-state index contributed by atoms with van der Waals surface area (Å²) < 4.78 is 18.7. The number of hydrogen-bond donors (Lipinski definition) is 1. The first-order chi connectivity index (χ1) is 9.99. The molecule has 0 saturated carbocycles.